The number of hydrogen-bond acceptors (Lipinski definition) is 5. The number of aromatic nitrogens is 4. The highest BCUT2D eigenvalue weighted by Crippen LogP contribution is 2.37. The molecule has 0 fully saturated rings. The standard InChI is InChI=1S/C25H27N5S/c1-24(2,3)17-25(4,5)29-22-21(28-23-27-15-8-16-30(22)23)20-13-12-19(31-20)11-10-18-9-6-7-14-26-18/h6-9,12-16,29H,17H2,1-5H3. The molecule has 0 saturated carbocycles. The summed E-state index contributed by atoms with van der Waals surface area (Å²) in [6.07, 6.45) is 6.54. The van der Waals surface area contributed by atoms with Crippen molar-refractivity contribution in [2.24, 2.45) is 5.41 Å². The van der Waals surface area contributed by atoms with Gasteiger partial charge in [-0.3, -0.25) is 4.40 Å². The van der Waals surface area contributed by atoms with E-state index < -0.39 is 0 Å². The molecule has 158 valence electrons. The van der Waals surface area contributed by atoms with Gasteiger partial charge in [0.1, 0.15) is 17.2 Å². The molecule has 0 aliphatic heterocycles. The molecule has 0 amide bonds. The predicted octanol–water partition coefficient (Wildman–Crippen LogP) is 5.88. The maximum Gasteiger partial charge on any atom is 0.236 e. The molecule has 31 heavy (non-hydrogen) atoms. The van der Waals surface area contributed by atoms with E-state index in [9.17, 15) is 0 Å². The molecule has 1 N–H and O–H groups in total. The molecule has 0 saturated heterocycles. The lowest BCUT2D eigenvalue weighted by Gasteiger charge is -2.34. The van der Waals surface area contributed by atoms with Gasteiger partial charge in [-0.15, -0.1) is 11.3 Å². The van der Waals surface area contributed by atoms with Crippen molar-refractivity contribution in [2.75, 3.05) is 5.32 Å². The Balaban J connectivity index is 1.71. The van der Waals surface area contributed by atoms with Crippen LogP contribution in [0.25, 0.3) is 16.3 Å². The van der Waals surface area contributed by atoms with E-state index in [-0.39, 0.29) is 11.0 Å². The van der Waals surface area contributed by atoms with Crippen molar-refractivity contribution in [1.82, 2.24) is 19.4 Å². The first-order chi connectivity index (χ1) is 14.7. The van der Waals surface area contributed by atoms with Crippen LogP contribution in [0.15, 0.2) is 55.0 Å². The first-order valence-electron chi connectivity index (χ1n) is 10.3. The van der Waals surface area contributed by atoms with Crippen LogP contribution in [-0.2, 0) is 0 Å². The van der Waals surface area contributed by atoms with Crippen LogP contribution in [-0.4, -0.2) is 24.9 Å². The zero-order valence-corrected chi connectivity index (χ0v) is 19.4. The van der Waals surface area contributed by atoms with E-state index in [1.165, 1.54) is 0 Å². The summed E-state index contributed by atoms with van der Waals surface area (Å²) in [5.74, 6) is 7.99. The molecule has 0 spiro atoms. The second kappa shape index (κ2) is 8.16. The topological polar surface area (TPSA) is 55.1 Å². The Morgan fingerprint density at radius 1 is 0.968 bits per heavy atom. The molecule has 0 atom stereocenters. The number of anilines is 1. The van der Waals surface area contributed by atoms with E-state index >= 15 is 0 Å². The zero-order chi connectivity index (χ0) is 22.1. The van der Waals surface area contributed by atoms with Crippen molar-refractivity contribution in [1.29, 1.82) is 0 Å². The van der Waals surface area contributed by atoms with Gasteiger partial charge < -0.3 is 5.32 Å². The normalized spacial score (nSPS) is 11.9. The highest BCUT2D eigenvalue weighted by molar-refractivity contribution is 7.16. The number of thiophene rings is 1. The Morgan fingerprint density at radius 3 is 2.52 bits per heavy atom. The molecule has 0 aliphatic rings. The highest BCUT2D eigenvalue weighted by Gasteiger charge is 2.28. The number of fused-ring (bicyclic) bond motifs is 1. The molecule has 4 rings (SSSR count). The van der Waals surface area contributed by atoms with Crippen molar-refractivity contribution in [3.63, 3.8) is 0 Å². The van der Waals surface area contributed by atoms with E-state index in [4.69, 9.17) is 4.98 Å². The first kappa shape index (κ1) is 21.1. The average Bonchev–Trinajstić information content (AvgIpc) is 3.30. The molecule has 0 radical (unpaired) electrons. The summed E-state index contributed by atoms with van der Waals surface area (Å²) in [4.78, 5) is 15.6. The van der Waals surface area contributed by atoms with Gasteiger partial charge in [0.2, 0.25) is 5.78 Å². The van der Waals surface area contributed by atoms with Crippen molar-refractivity contribution in [2.45, 2.75) is 46.6 Å². The smallest absolute Gasteiger partial charge is 0.236 e. The lowest BCUT2D eigenvalue weighted by atomic mass is 9.82. The molecule has 5 nitrogen and oxygen atoms in total. The highest BCUT2D eigenvalue weighted by atomic mass is 32.1. The molecule has 0 bridgehead atoms. The summed E-state index contributed by atoms with van der Waals surface area (Å²) in [7, 11) is 0. The van der Waals surface area contributed by atoms with Crippen LogP contribution >= 0.6 is 11.3 Å². The minimum Gasteiger partial charge on any atom is -0.364 e. The SMILES string of the molecule is CC(C)(C)CC(C)(C)Nc1c(-c2ccc(C#Cc3ccccn3)s2)nc2ncccn12. The lowest BCUT2D eigenvalue weighted by molar-refractivity contribution is 0.302. The Morgan fingerprint density at radius 2 is 1.77 bits per heavy atom. The van der Waals surface area contributed by atoms with Crippen molar-refractivity contribution >= 4 is 22.9 Å². The average molecular weight is 430 g/mol. The number of nitrogens with zero attached hydrogens (tertiary/aromatic N) is 4. The Bertz CT molecular complexity index is 1250. The van der Waals surface area contributed by atoms with Crippen LogP contribution in [0.4, 0.5) is 5.82 Å². The monoisotopic (exact) mass is 429 g/mol. The van der Waals surface area contributed by atoms with Crippen LogP contribution in [0.3, 0.4) is 0 Å². The lowest BCUT2D eigenvalue weighted by Crippen LogP contribution is -2.36. The van der Waals surface area contributed by atoms with Gasteiger partial charge in [0, 0.05) is 24.1 Å². The third-order valence-corrected chi connectivity index (χ3v) is 5.66. The molecule has 6 heteroatoms. The quantitative estimate of drug-likeness (QED) is 0.412. The summed E-state index contributed by atoms with van der Waals surface area (Å²) in [6, 6.07) is 11.8. The maximum absolute atomic E-state index is 4.83. The first-order valence-corrected chi connectivity index (χ1v) is 11.2. The predicted molar refractivity (Wildman–Crippen MR) is 128 cm³/mol. The summed E-state index contributed by atoms with van der Waals surface area (Å²) in [5, 5.41) is 3.75. The van der Waals surface area contributed by atoms with Gasteiger partial charge in [-0.05, 0) is 67.9 Å². The Hall–Kier alpha value is -3.17. The molecule has 0 unspecified atom stereocenters. The molecule has 4 aromatic heterocycles. The third-order valence-electron chi connectivity index (χ3n) is 4.65. The second-order valence-corrected chi connectivity index (χ2v) is 10.6. The number of imidazole rings is 1. The van der Waals surface area contributed by atoms with Gasteiger partial charge in [-0.1, -0.05) is 26.8 Å². The number of hydrogen-bond donors (Lipinski definition) is 1. The Labute approximate surface area is 187 Å². The van der Waals surface area contributed by atoms with E-state index in [0.29, 0.717) is 5.78 Å². The number of rotatable bonds is 4. The van der Waals surface area contributed by atoms with E-state index in [1.807, 2.05) is 40.9 Å². The molecular weight excluding hydrogens is 402 g/mol. The van der Waals surface area contributed by atoms with Gasteiger partial charge in [-0.25, -0.2) is 15.0 Å². The molecule has 4 aromatic rings. The fourth-order valence-corrected chi connectivity index (χ4v) is 4.81. The van der Waals surface area contributed by atoms with Crippen molar-refractivity contribution in [3.05, 3.63) is 65.6 Å². The van der Waals surface area contributed by atoms with Crippen LogP contribution < -0.4 is 5.32 Å². The summed E-state index contributed by atoms with van der Waals surface area (Å²) in [5.41, 5.74) is 1.75. The minimum absolute atomic E-state index is 0.113. The minimum atomic E-state index is -0.113. The van der Waals surface area contributed by atoms with Gasteiger partial charge in [-0.2, -0.15) is 0 Å². The van der Waals surface area contributed by atoms with Gasteiger partial charge in [0.15, 0.2) is 0 Å². The van der Waals surface area contributed by atoms with E-state index in [2.05, 4.69) is 67.8 Å². The van der Waals surface area contributed by atoms with Gasteiger partial charge >= 0.3 is 0 Å². The van der Waals surface area contributed by atoms with E-state index in [0.717, 1.165) is 33.4 Å². The second-order valence-electron chi connectivity index (χ2n) is 9.47. The largest absolute Gasteiger partial charge is 0.364 e. The summed E-state index contributed by atoms with van der Waals surface area (Å²) in [6.45, 7) is 11.3. The van der Waals surface area contributed by atoms with Crippen LogP contribution in [0, 0.1) is 17.3 Å². The van der Waals surface area contributed by atoms with E-state index in [1.54, 1.807) is 23.7 Å². The third kappa shape index (κ3) is 5.12. The molecule has 0 aromatic carbocycles. The molecule has 0 aliphatic carbocycles. The summed E-state index contributed by atoms with van der Waals surface area (Å²) >= 11 is 1.63. The number of pyridine rings is 1. The zero-order valence-electron chi connectivity index (χ0n) is 18.6. The summed E-state index contributed by atoms with van der Waals surface area (Å²) < 4.78 is 2.03. The fourth-order valence-electron chi connectivity index (χ4n) is 3.96. The van der Waals surface area contributed by atoms with Crippen LogP contribution in [0.1, 0.15) is 51.6 Å². The van der Waals surface area contributed by atoms with Crippen LogP contribution in [0.5, 0.6) is 0 Å². The van der Waals surface area contributed by atoms with Crippen molar-refractivity contribution < 1.29 is 0 Å². The molecular formula is C25H27N5S. The maximum atomic E-state index is 4.83. The molecule has 4 heterocycles. The van der Waals surface area contributed by atoms with Gasteiger partial charge in [0.05, 0.1) is 9.75 Å². The Kier molecular flexibility index (Phi) is 5.55. The van der Waals surface area contributed by atoms with Crippen molar-refractivity contribution in [3.8, 4) is 22.4 Å². The van der Waals surface area contributed by atoms with Crippen LogP contribution in [0.2, 0.25) is 0 Å². The van der Waals surface area contributed by atoms with Gasteiger partial charge in [0.25, 0.3) is 0 Å². The number of nitrogens with one attached hydrogen (secondary N) is 1. The fraction of sp³-hybridized carbons (Fsp3) is 0.320.